The van der Waals surface area contributed by atoms with Gasteiger partial charge in [-0.1, -0.05) is 11.6 Å². The Morgan fingerprint density at radius 2 is 1.76 bits per heavy atom. The van der Waals surface area contributed by atoms with Gasteiger partial charge in [-0.2, -0.15) is 9.97 Å². The Balaban J connectivity index is 1.55. The van der Waals surface area contributed by atoms with Crippen LogP contribution < -0.4 is 25.4 Å². The summed E-state index contributed by atoms with van der Waals surface area (Å²) in [4.78, 5) is 29.4. The van der Waals surface area contributed by atoms with Gasteiger partial charge in [0.2, 0.25) is 17.7 Å². The Morgan fingerprint density at radius 3 is 2.42 bits per heavy atom. The number of anilines is 5. The highest BCUT2D eigenvalue weighted by Gasteiger charge is 2.20. The Bertz CT molecular complexity index is 1300. The summed E-state index contributed by atoms with van der Waals surface area (Å²) < 4.78 is 10.9. The quantitative estimate of drug-likeness (QED) is 0.372. The standard InChI is InChI=1S/C26H33ClN8O3/c1-28-25-19(6-7-22(32-25)38-5)30-24-18(27)14-29-26(33-24)31-20-12-16-8-10-35(15-23(36)34(2)3)11-9-17(16)13-21(20)37-4/h6-7,12-14H,8-11,15H2,1-5H3,(H,28,32)(H2,29,30,31,33). The predicted molar refractivity (Wildman–Crippen MR) is 149 cm³/mol. The first-order valence-corrected chi connectivity index (χ1v) is 12.6. The first kappa shape index (κ1) is 27.2. The first-order valence-electron chi connectivity index (χ1n) is 12.2. The number of methoxy groups -OCH3 is 2. The average Bonchev–Trinajstić information content (AvgIpc) is 3.11. The molecule has 0 spiro atoms. The molecule has 3 aromatic rings. The number of hydrogen-bond acceptors (Lipinski definition) is 10. The van der Waals surface area contributed by atoms with Crippen molar-refractivity contribution in [2.45, 2.75) is 12.8 Å². The zero-order valence-electron chi connectivity index (χ0n) is 22.3. The molecule has 1 aliphatic rings. The van der Waals surface area contributed by atoms with Gasteiger partial charge >= 0.3 is 0 Å². The van der Waals surface area contributed by atoms with Gasteiger partial charge in [0.1, 0.15) is 10.8 Å². The number of amides is 1. The summed E-state index contributed by atoms with van der Waals surface area (Å²) in [5.41, 5.74) is 3.83. The second-order valence-electron chi connectivity index (χ2n) is 9.03. The highest BCUT2D eigenvalue weighted by molar-refractivity contribution is 6.33. The molecule has 12 heteroatoms. The van der Waals surface area contributed by atoms with Gasteiger partial charge in [0.25, 0.3) is 0 Å². The van der Waals surface area contributed by atoms with Crippen LogP contribution in [0.5, 0.6) is 11.6 Å². The molecule has 4 rings (SSSR count). The molecule has 38 heavy (non-hydrogen) atoms. The molecule has 1 aliphatic heterocycles. The number of halogens is 1. The molecule has 0 unspecified atom stereocenters. The Hall–Kier alpha value is -3.83. The van der Waals surface area contributed by atoms with E-state index in [9.17, 15) is 4.79 Å². The SMILES string of the molecule is CNc1nc(OC)ccc1Nc1nc(Nc2cc3c(cc2OC)CCN(CC(=O)N(C)C)CC3)ncc1Cl. The van der Waals surface area contributed by atoms with Crippen molar-refractivity contribution in [3.05, 3.63) is 46.6 Å². The highest BCUT2D eigenvalue weighted by Crippen LogP contribution is 2.34. The van der Waals surface area contributed by atoms with E-state index in [0.717, 1.165) is 31.6 Å². The first-order chi connectivity index (χ1) is 18.3. The molecule has 0 bridgehead atoms. The van der Waals surface area contributed by atoms with Crippen molar-refractivity contribution in [1.29, 1.82) is 0 Å². The molecule has 1 aromatic carbocycles. The van der Waals surface area contributed by atoms with Gasteiger partial charge < -0.3 is 30.3 Å². The van der Waals surface area contributed by atoms with E-state index in [1.54, 1.807) is 46.3 Å². The van der Waals surface area contributed by atoms with E-state index in [-0.39, 0.29) is 5.91 Å². The Labute approximate surface area is 227 Å². The van der Waals surface area contributed by atoms with Gasteiger partial charge in [0, 0.05) is 40.3 Å². The van der Waals surface area contributed by atoms with Crippen molar-refractivity contribution in [1.82, 2.24) is 24.8 Å². The zero-order valence-corrected chi connectivity index (χ0v) is 23.0. The summed E-state index contributed by atoms with van der Waals surface area (Å²) in [7, 11) is 8.53. The normalized spacial score (nSPS) is 13.2. The minimum Gasteiger partial charge on any atom is -0.495 e. The van der Waals surface area contributed by atoms with E-state index in [0.29, 0.717) is 46.5 Å². The predicted octanol–water partition coefficient (Wildman–Crippen LogP) is 3.56. The summed E-state index contributed by atoms with van der Waals surface area (Å²) >= 11 is 6.41. The van der Waals surface area contributed by atoms with E-state index >= 15 is 0 Å². The molecule has 3 heterocycles. The average molecular weight is 541 g/mol. The third-order valence-electron chi connectivity index (χ3n) is 6.33. The van der Waals surface area contributed by atoms with E-state index < -0.39 is 0 Å². The smallest absolute Gasteiger partial charge is 0.236 e. The number of fused-ring (bicyclic) bond motifs is 1. The van der Waals surface area contributed by atoms with E-state index in [1.807, 2.05) is 12.1 Å². The fraction of sp³-hybridized carbons (Fsp3) is 0.385. The number of nitrogens with one attached hydrogen (secondary N) is 3. The molecule has 0 saturated carbocycles. The number of pyridine rings is 1. The second kappa shape index (κ2) is 12.1. The second-order valence-corrected chi connectivity index (χ2v) is 9.43. The van der Waals surface area contributed by atoms with Crippen LogP contribution in [0.1, 0.15) is 11.1 Å². The maximum Gasteiger partial charge on any atom is 0.236 e. The van der Waals surface area contributed by atoms with Crippen molar-refractivity contribution in [2.75, 3.05) is 70.9 Å². The van der Waals surface area contributed by atoms with Gasteiger partial charge in [-0.05, 0) is 42.2 Å². The molecule has 11 nitrogen and oxygen atoms in total. The third-order valence-corrected chi connectivity index (χ3v) is 6.61. The fourth-order valence-corrected chi connectivity index (χ4v) is 4.31. The van der Waals surface area contributed by atoms with Gasteiger partial charge in [-0.3, -0.25) is 9.69 Å². The van der Waals surface area contributed by atoms with Gasteiger partial charge in [0.05, 0.1) is 38.3 Å². The minimum atomic E-state index is 0.104. The number of rotatable bonds is 9. The number of carbonyl (C=O) groups is 1. The lowest BCUT2D eigenvalue weighted by Gasteiger charge is -2.21. The maximum atomic E-state index is 12.2. The van der Waals surface area contributed by atoms with Crippen LogP contribution in [0.4, 0.5) is 29.0 Å². The van der Waals surface area contributed by atoms with Crippen molar-refractivity contribution in [2.24, 2.45) is 0 Å². The lowest BCUT2D eigenvalue weighted by atomic mass is 10.0. The van der Waals surface area contributed by atoms with Gasteiger partial charge in [-0.25, -0.2) is 4.98 Å². The number of nitrogens with zero attached hydrogens (tertiary/aromatic N) is 5. The van der Waals surface area contributed by atoms with Crippen LogP contribution in [0.15, 0.2) is 30.5 Å². The molecule has 0 atom stereocenters. The van der Waals surface area contributed by atoms with Crippen LogP contribution in [-0.4, -0.2) is 85.7 Å². The molecule has 1 amide bonds. The van der Waals surface area contributed by atoms with Crippen LogP contribution in [0.2, 0.25) is 5.02 Å². The van der Waals surface area contributed by atoms with Crippen molar-refractivity contribution >= 4 is 46.5 Å². The summed E-state index contributed by atoms with van der Waals surface area (Å²) in [5, 5.41) is 9.89. The molecule has 202 valence electrons. The maximum absolute atomic E-state index is 12.2. The summed E-state index contributed by atoms with van der Waals surface area (Å²) in [6.45, 7) is 2.02. The lowest BCUT2D eigenvalue weighted by Crippen LogP contribution is -2.37. The Kier molecular flexibility index (Phi) is 8.70. The molecule has 0 fully saturated rings. The van der Waals surface area contributed by atoms with Crippen LogP contribution in [-0.2, 0) is 17.6 Å². The molecular formula is C26H33ClN8O3. The largest absolute Gasteiger partial charge is 0.495 e. The van der Waals surface area contributed by atoms with Gasteiger partial charge in [0.15, 0.2) is 11.6 Å². The molecule has 2 aromatic heterocycles. The number of hydrogen-bond donors (Lipinski definition) is 3. The van der Waals surface area contributed by atoms with Crippen LogP contribution in [0.3, 0.4) is 0 Å². The summed E-state index contributed by atoms with van der Waals surface area (Å²) in [5.74, 6) is 2.64. The monoisotopic (exact) mass is 540 g/mol. The Morgan fingerprint density at radius 1 is 1.03 bits per heavy atom. The highest BCUT2D eigenvalue weighted by atomic mass is 35.5. The topological polar surface area (TPSA) is 117 Å². The number of likely N-dealkylation sites (N-methyl/N-ethyl adjacent to an activating group) is 1. The fourth-order valence-electron chi connectivity index (χ4n) is 4.17. The summed E-state index contributed by atoms with van der Waals surface area (Å²) in [6, 6.07) is 7.69. The molecule has 0 radical (unpaired) electrons. The number of ether oxygens (including phenoxy) is 2. The number of carbonyl (C=O) groups excluding carboxylic acids is 1. The lowest BCUT2D eigenvalue weighted by molar-refractivity contribution is -0.129. The number of benzene rings is 1. The summed E-state index contributed by atoms with van der Waals surface area (Å²) in [6.07, 6.45) is 3.19. The van der Waals surface area contributed by atoms with Crippen molar-refractivity contribution in [3.63, 3.8) is 0 Å². The van der Waals surface area contributed by atoms with E-state index in [4.69, 9.17) is 21.1 Å². The molecule has 0 aliphatic carbocycles. The molecule has 0 saturated heterocycles. The molecule has 3 N–H and O–H groups in total. The van der Waals surface area contributed by atoms with Crippen LogP contribution >= 0.6 is 11.6 Å². The van der Waals surface area contributed by atoms with E-state index in [1.165, 1.54) is 17.3 Å². The van der Waals surface area contributed by atoms with Crippen molar-refractivity contribution in [3.8, 4) is 11.6 Å². The van der Waals surface area contributed by atoms with Gasteiger partial charge in [-0.15, -0.1) is 0 Å². The third kappa shape index (κ3) is 6.35. The zero-order chi connectivity index (χ0) is 27.2. The van der Waals surface area contributed by atoms with Crippen LogP contribution in [0, 0.1) is 0 Å². The van der Waals surface area contributed by atoms with Crippen molar-refractivity contribution < 1.29 is 14.3 Å². The minimum absolute atomic E-state index is 0.104. The number of aromatic nitrogens is 3. The molecular weight excluding hydrogens is 508 g/mol. The van der Waals surface area contributed by atoms with E-state index in [2.05, 4.69) is 41.9 Å². The van der Waals surface area contributed by atoms with Crippen LogP contribution in [0.25, 0.3) is 0 Å².